The van der Waals surface area contributed by atoms with Crippen LogP contribution in [-0.4, -0.2) is 18.1 Å². The van der Waals surface area contributed by atoms with Crippen LogP contribution in [0.2, 0.25) is 0 Å². The first kappa shape index (κ1) is 18.6. The van der Waals surface area contributed by atoms with Gasteiger partial charge in [-0.1, -0.05) is 41.5 Å². The van der Waals surface area contributed by atoms with Gasteiger partial charge in [0, 0.05) is 18.0 Å². The Bertz CT molecular complexity index is 421. The number of hydrogen-bond donors (Lipinski definition) is 1. The lowest BCUT2D eigenvalue weighted by molar-refractivity contribution is -0.0134. The minimum Gasteiger partial charge on any atom is -0.371 e. The van der Waals surface area contributed by atoms with Gasteiger partial charge < -0.3 is 10.1 Å². The topological polar surface area (TPSA) is 34.1 Å². The first-order valence-corrected chi connectivity index (χ1v) is 8.94. The van der Waals surface area contributed by atoms with Gasteiger partial charge in [0.05, 0.1) is 5.69 Å². The number of nitrogens with one attached hydrogen (secondary N) is 1. The average molecular weight is 313 g/mol. The summed E-state index contributed by atoms with van der Waals surface area (Å²) in [5, 5.41) is 4.63. The Kier molecular flexibility index (Phi) is 7.31. The van der Waals surface area contributed by atoms with E-state index in [-0.39, 0.29) is 11.5 Å². The maximum Gasteiger partial charge on any atom is 0.123 e. The van der Waals surface area contributed by atoms with Gasteiger partial charge in [0.1, 0.15) is 11.1 Å². The van der Waals surface area contributed by atoms with Gasteiger partial charge in [-0.3, -0.25) is 0 Å². The summed E-state index contributed by atoms with van der Waals surface area (Å²) in [6.07, 6.45) is 1.23. The predicted octanol–water partition coefficient (Wildman–Crippen LogP) is 4.89. The minimum atomic E-state index is 0.0657. The maximum atomic E-state index is 5.99. The van der Waals surface area contributed by atoms with Crippen molar-refractivity contribution in [2.24, 2.45) is 5.41 Å². The van der Waals surface area contributed by atoms with Crippen LogP contribution in [0.3, 0.4) is 0 Å². The molecule has 0 amide bonds. The molecule has 0 saturated carbocycles. The third-order valence-corrected chi connectivity index (χ3v) is 4.46. The van der Waals surface area contributed by atoms with E-state index < -0.39 is 0 Å². The van der Waals surface area contributed by atoms with Gasteiger partial charge >= 0.3 is 0 Å². The lowest BCUT2D eigenvalue weighted by Gasteiger charge is -2.28. The smallest absolute Gasteiger partial charge is 0.123 e. The van der Waals surface area contributed by atoms with Gasteiger partial charge in [-0.25, -0.2) is 4.98 Å². The van der Waals surface area contributed by atoms with Crippen LogP contribution in [0.25, 0.3) is 0 Å². The number of hydrogen-bond acceptors (Lipinski definition) is 4. The number of thiazole rings is 1. The summed E-state index contributed by atoms with van der Waals surface area (Å²) in [5.41, 5.74) is 1.29. The van der Waals surface area contributed by atoms with Crippen molar-refractivity contribution in [1.29, 1.82) is 0 Å². The monoisotopic (exact) mass is 312 g/mol. The van der Waals surface area contributed by atoms with E-state index >= 15 is 0 Å². The molecule has 0 aliphatic rings. The summed E-state index contributed by atoms with van der Waals surface area (Å²) in [7, 11) is 0. The van der Waals surface area contributed by atoms with Crippen molar-refractivity contribution < 1.29 is 4.74 Å². The molecule has 3 nitrogen and oxygen atoms in total. The number of ether oxygens (including phenoxy) is 1. The summed E-state index contributed by atoms with van der Waals surface area (Å²) in [4.78, 5) is 6.29. The molecule has 4 heteroatoms. The molecule has 0 aliphatic heterocycles. The highest BCUT2D eigenvalue weighted by atomic mass is 32.1. The third-order valence-electron chi connectivity index (χ3n) is 3.35. The van der Waals surface area contributed by atoms with E-state index in [1.54, 1.807) is 0 Å². The SMILES string of the molecule is CCCNCc1sc(C(OCC)C(C)(C)C)nc1C(C)C. The van der Waals surface area contributed by atoms with Gasteiger partial charge in [-0.15, -0.1) is 11.3 Å². The van der Waals surface area contributed by atoms with Crippen LogP contribution in [0.5, 0.6) is 0 Å². The summed E-state index contributed by atoms with van der Waals surface area (Å²) in [5.74, 6) is 0.454. The highest BCUT2D eigenvalue weighted by molar-refractivity contribution is 7.11. The van der Waals surface area contributed by atoms with Crippen molar-refractivity contribution in [1.82, 2.24) is 10.3 Å². The molecule has 1 heterocycles. The fourth-order valence-electron chi connectivity index (χ4n) is 2.31. The zero-order chi connectivity index (χ0) is 16.0. The summed E-state index contributed by atoms with van der Waals surface area (Å²) in [6.45, 7) is 18.0. The van der Waals surface area contributed by atoms with Crippen LogP contribution in [0.1, 0.15) is 82.5 Å². The maximum absolute atomic E-state index is 5.99. The van der Waals surface area contributed by atoms with E-state index in [0.29, 0.717) is 5.92 Å². The molecule has 0 fully saturated rings. The Balaban J connectivity index is 3.03. The molecule has 1 atom stereocenters. The number of nitrogens with zero attached hydrogens (tertiary/aromatic N) is 1. The van der Waals surface area contributed by atoms with Crippen molar-refractivity contribution in [3.8, 4) is 0 Å². The molecule has 0 bridgehead atoms. The first-order valence-electron chi connectivity index (χ1n) is 8.13. The fraction of sp³-hybridized carbons (Fsp3) is 0.824. The second-order valence-corrected chi connectivity index (χ2v) is 8.01. The highest BCUT2D eigenvalue weighted by Gasteiger charge is 2.31. The summed E-state index contributed by atoms with van der Waals surface area (Å²) < 4.78 is 5.99. The molecule has 1 aromatic heterocycles. The zero-order valence-corrected chi connectivity index (χ0v) is 15.6. The molecule has 122 valence electrons. The van der Waals surface area contributed by atoms with Gasteiger partial charge in [-0.2, -0.15) is 0 Å². The van der Waals surface area contributed by atoms with Crippen LogP contribution in [0.15, 0.2) is 0 Å². The molecule has 21 heavy (non-hydrogen) atoms. The van der Waals surface area contributed by atoms with Gasteiger partial charge in [0.15, 0.2) is 0 Å². The van der Waals surface area contributed by atoms with Crippen molar-refractivity contribution in [2.45, 2.75) is 73.5 Å². The average Bonchev–Trinajstić information content (AvgIpc) is 2.78. The summed E-state index contributed by atoms with van der Waals surface area (Å²) >= 11 is 1.81. The van der Waals surface area contributed by atoms with Gasteiger partial charge in [0.25, 0.3) is 0 Å². The lowest BCUT2D eigenvalue weighted by Crippen LogP contribution is -2.21. The quantitative estimate of drug-likeness (QED) is 0.694. The number of rotatable bonds is 8. The van der Waals surface area contributed by atoms with Crippen LogP contribution in [0, 0.1) is 5.41 Å². The molecule has 1 rings (SSSR count). The molecule has 0 spiro atoms. The van der Waals surface area contributed by atoms with E-state index in [2.05, 4.69) is 53.8 Å². The first-order chi connectivity index (χ1) is 9.81. The molecule has 0 radical (unpaired) electrons. The zero-order valence-electron chi connectivity index (χ0n) is 14.7. The molecule has 0 saturated heterocycles. The van der Waals surface area contributed by atoms with E-state index in [1.807, 2.05) is 11.3 Å². The van der Waals surface area contributed by atoms with E-state index in [0.717, 1.165) is 31.1 Å². The van der Waals surface area contributed by atoms with Crippen molar-refractivity contribution in [3.63, 3.8) is 0 Å². The van der Waals surface area contributed by atoms with Crippen LogP contribution in [0.4, 0.5) is 0 Å². The van der Waals surface area contributed by atoms with E-state index in [9.17, 15) is 0 Å². The van der Waals surface area contributed by atoms with Crippen LogP contribution >= 0.6 is 11.3 Å². The van der Waals surface area contributed by atoms with E-state index in [1.165, 1.54) is 10.6 Å². The molecule has 0 aromatic carbocycles. The highest BCUT2D eigenvalue weighted by Crippen LogP contribution is 2.39. The van der Waals surface area contributed by atoms with Crippen molar-refractivity contribution >= 4 is 11.3 Å². The Labute approximate surface area is 134 Å². The molecular formula is C17H32N2OS. The normalized spacial score (nSPS) is 13.9. The molecule has 1 unspecified atom stereocenters. The standard InChI is InChI=1S/C17H32N2OS/c1-8-10-18-11-13-14(12(3)4)19-16(21-13)15(20-9-2)17(5,6)7/h12,15,18H,8-11H2,1-7H3. The lowest BCUT2D eigenvalue weighted by atomic mass is 9.89. The Morgan fingerprint density at radius 1 is 1.24 bits per heavy atom. The van der Waals surface area contributed by atoms with Crippen molar-refractivity contribution in [3.05, 3.63) is 15.6 Å². The Morgan fingerprint density at radius 3 is 2.38 bits per heavy atom. The third kappa shape index (κ3) is 5.35. The molecule has 0 aliphatic carbocycles. The van der Waals surface area contributed by atoms with Crippen LogP contribution < -0.4 is 5.32 Å². The Morgan fingerprint density at radius 2 is 1.90 bits per heavy atom. The predicted molar refractivity (Wildman–Crippen MR) is 92.0 cm³/mol. The second-order valence-electron chi connectivity index (χ2n) is 6.89. The molecular weight excluding hydrogens is 280 g/mol. The fourth-order valence-corrected chi connectivity index (χ4v) is 3.79. The Hall–Kier alpha value is -0.450. The molecule has 1 aromatic rings. The van der Waals surface area contributed by atoms with Crippen molar-refractivity contribution in [2.75, 3.05) is 13.2 Å². The van der Waals surface area contributed by atoms with Gasteiger partial charge in [-0.05, 0) is 31.2 Å². The molecule has 1 N–H and O–H groups in total. The van der Waals surface area contributed by atoms with E-state index in [4.69, 9.17) is 9.72 Å². The second kappa shape index (κ2) is 8.25. The largest absolute Gasteiger partial charge is 0.371 e. The number of aromatic nitrogens is 1. The van der Waals surface area contributed by atoms with Crippen LogP contribution in [-0.2, 0) is 11.3 Å². The minimum absolute atomic E-state index is 0.0657. The van der Waals surface area contributed by atoms with Gasteiger partial charge in [0.2, 0.25) is 0 Å². The summed E-state index contributed by atoms with van der Waals surface area (Å²) in [6, 6.07) is 0.